The number of fused-ring (bicyclic) bond motifs is 1. The minimum atomic E-state index is 0.149. The molecule has 4 nitrogen and oxygen atoms in total. The van der Waals surface area contributed by atoms with Gasteiger partial charge in [0.2, 0.25) is 0 Å². The number of likely N-dealkylation sites (N-methyl/N-ethyl adjacent to an activating group) is 1. The zero-order valence-corrected chi connectivity index (χ0v) is 14.2. The summed E-state index contributed by atoms with van der Waals surface area (Å²) in [7, 11) is 0. The van der Waals surface area contributed by atoms with Crippen molar-refractivity contribution in [2.75, 3.05) is 24.6 Å². The molecule has 1 aliphatic heterocycles. The van der Waals surface area contributed by atoms with Crippen molar-refractivity contribution < 1.29 is 4.74 Å². The lowest BCUT2D eigenvalue weighted by atomic mass is 9.77. The third kappa shape index (κ3) is 3.25. The van der Waals surface area contributed by atoms with E-state index in [0.717, 1.165) is 37.7 Å². The van der Waals surface area contributed by atoms with Crippen LogP contribution in [-0.2, 0) is 11.2 Å². The molecule has 1 aromatic heterocycles. The van der Waals surface area contributed by atoms with Gasteiger partial charge in [0.25, 0.3) is 0 Å². The van der Waals surface area contributed by atoms with E-state index >= 15 is 0 Å². The maximum absolute atomic E-state index is 6.37. The number of aromatic nitrogens is 1. The summed E-state index contributed by atoms with van der Waals surface area (Å²) in [4.78, 5) is 8.58. The first-order chi connectivity index (χ1) is 9.98. The van der Waals surface area contributed by atoms with Crippen molar-refractivity contribution in [1.82, 2.24) is 4.98 Å². The van der Waals surface area contributed by atoms with Crippen LogP contribution in [0.5, 0.6) is 0 Å². The quantitative estimate of drug-likeness (QED) is 0.928. The van der Waals surface area contributed by atoms with Crippen LogP contribution in [0.25, 0.3) is 0 Å². The first-order valence-corrected chi connectivity index (χ1v) is 8.92. The topological polar surface area (TPSA) is 51.4 Å². The van der Waals surface area contributed by atoms with E-state index in [2.05, 4.69) is 25.7 Å². The summed E-state index contributed by atoms with van der Waals surface area (Å²) in [5.41, 5.74) is 7.86. The molecule has 1 aliphatic carbocycles. The lowest BCUT2D eigenvalue weighted by molar-refractivity contribution is 0.115. The van der Waals surface area contributed by atoms with Gasteiger partial charge in [0.1, 0.15) is 0 Å². The van der Waals surface area contributed by atoms with Crippen molar-refractivity contribution in [3.8, 4) is 0 Å². The Labute approximate surface area is 131 Å². The average molecular weight is 309 g/mol. The fraction of sp³-hybridized carbons (Fsp3) is 0.812. The third-order valence-electron chi connectivity index (χ3n) is 4.57. The fourth-order valence-corrected chi connectivity index (χ4v) is 4.65. The maximum atomic E-state index is 6.37. The smallest absolute Gasteiger partial charge is 0.185 e. The molecule has 0 saturated carbocycles. The molecular weight excluding hydrogens is 282 g/mol. The molecule has 2 atom stereocenters. The molecule has 0 aromatic carbocycles. The molecule has 0 radical (unpaired) electrons. The molecule has 1 fully saturated rings. The van der Waals surface area contributed by atoms with E-state index in [1.54, 1.807) is 11.3 Å². The van der Waals surface area contributed by atoms with E-state index < -0.39 is 0 Å². The van der Waals surface area contributed by atoms with Crippen molar-refractivity contribution >= 4 is 16.5 Å². The molecule has 21 heavy (non-hydrogen) atoms. The van der Waals surface area contributed by atoms with Crippen molar-refractivity contribution in [3.63, 3.8) is 0 Å². The lowest BCUT2D eigenvalue weighted by Gasteiger charge is -2.32. The molecule has 118 valence electrons. The highest BCUT2D eigenvalue weighted by atomic mass is 32.1. The molecule has 2 unspecified atom stereocenters. The predicted octanol–water partition coefficient (Wildman–Crippen LogP) is 3.12. The van der Waals surface area contributed by atoms with Gasteiger partial charge in [0.15, 0.2) is 5.13 Å². The number of anilines is 1. The molecule has 0 amide bonds. The molecule has 0 spiro atoms. The van der Waals surface area contributed by atoms with E-state index in [0.29, 0.717) is 6.10 Å². The third-order valence-corrected chi connectivity index (χ3v) is 5.86. The number of hydrogen-bond donors (Lipinski definition) is 1. The first kappa shape index (κ1) is 15.3. The molecule has 1 aromatic rings. The van der Waals surface area contributed by atoms with Gasteiger partial charge in [-0.15, -0.1) is 0 Å². The van der Waals surface area contributed by atoms with Gasteiger partial charge in [-0.3, -0.25) is 0 Å². The Morgan fingerprint density at radius 2 is 2.29 bits per heavy atom. The number of rotatable bonds is 4. The van der Waals surface area contributed by atoms with Crippen LogP contribution in [0.15, 0.2) is 0 Å². The van der Waals surface area contributed by atoms with Crippen molar-refractivity contribution in [2.45, 2.75) is 58.6 Å². The van der Waals surface area contributed by atoms with E-state index in [4.69, 9.17) is 15.5 Å². The van der Waals surface area contributed by atoms with Crippen LogP contribution in [-0.4, -0.2) is 30.8 Å². The highest BCUT2D eigenvalue weighted by molar-refractivity contribution is 7.15. The molecule has 2 aliphatic rings. The Hall–Kier alpha value is -0.650. The lowest BCUT2D eigenvalue weighted by Crippen LogP contribution is -2.32. The summed E-state index contributed by atoms with van der Waals surface area (Å²) in [6.07, 6.45) is 4.84. The van der Waals surface area contributed by atoms with Crippen LogP contribution in [0.1, 0.15) is 56.6 Å². The molecule has 5 heteroatoms. The molecular formula is C16H27N3OS. The molecule has 3 rings (SSSR count). The van der Waals surface area contributed by atoms with Crippen LogP contribution < -0.4 is 10.6 Å². The first-order valence-electron chi connectivity index (χ1n) is 8.10. The minimum absolute atomic E-state index is 0.149. The van der Waals surface area contributed by atoms with Crippen LogP contribution in [0.4, 0.5) is 5.13 Å². The Balaban J connectivity index is 1.79. The summed E-state index contributed by atoms with van der Waals surface area (Å²) in [5, 5.41) is 1.13. The highest BCUT2D eigenvalue weighted by Gasteiger charge is 2.34. The normalized spacial score (nSPS) is 27.6. The second kappa shape index (κ2) is 5.86. The van der Waals surface area contributed by atoms with Gasteiger partial charge in [-0.2, -0.15) is 0 Å². The largest absolute Gasteiger partial charge is 0.376 e. The number of ether oxygens (including phenoxy) is 1. The zero-order valence-electron chi connectivity index (χ0n) is 13.4. The van der Waals surface area contributed by atoms with Crippen LogP contribution >= 0.6 is 11.3 Å². The maximum Gasteiger partial charge on any atom is 0.185 e. The van der Waals surface area contributed by atoms with Crippen LogP contribution in [0, 0.1) is 5.41 Å². The average Bonchev–Trinajstić information content (AvgIpc) is 3.03. The number of hydrogen-bond acceptors (Lipinski definition) is 5. The predicted molar refractivity (Wildman–Crippen MR) is 88.0 cm³/mol. The standard InChI is InChI=1S/C16H27N3OS/c1-4-19(10-11-6-5-7-20-11)15-18-13-9-16(2,3)8-12(17)14(13)21-15/h11-12H,4-10,17H2,1-3H3. The van der Waals surface area contributed by atoms with Gasteiger partial charge < -0.3 is 15.4 Å². The number of nitrogens with two attached hydrogens (primary N) is 1. The molecule has 1 saturated heterocycles. The van der Waals surface area contributed by atoms with Crippen molar-refractivity contribution in [2.24, 2.45) is 11.1 Å². The van der Waals surface area contributed by atoms with Gasteiger partial charge in [0.05, 0.1) is 11.8 Å². The van der Waals surface area contributed by atoms with E-state index in [-0.39, 0.29) is 11.5 Å². The fourth-order valence-electron chi connectivity index (χ4n) is 3.49. The van der Waals surface area contributed by atoms with E-state index in [1.165, 1.54) is 23.4 Å². The Bertz CT molecular complexity index is 494. The Morgan fingerprint density at radius 1 is 1.48 bits per heavy atom. The summed E-state index contributed by atoms with van der Waals surface area (Å²) in [5.74, 6) is 0. The summed E-state index contributed by atoms with van der Waals surface area (Å²) < 4.78 is 5.77. The van der Waals surface area contributed by atoms with Gasteiger partial charge in [-0.1, -0.05) is 25.2 Å². The Morgan fingerprint density at radius 3 is 2.95 bits per heavy atom. The van der Waals surface area contributed by atoms with Gasteiger partial charge in [-0.25, -0.2) is 4.98 Å². The number of thiazole rings is 1. The van der Waals surface area contributed by atoms with Gasteiger partial charge >= 0.3 is 0 Å². The SMILES string of the molecule is CCN(CC1CCCO1)c1nc2c(s1)C(N)CC(C)(C)C2. The summed E-state index contributed by atoms with van der Waals surface area (Å²) in [6.45, 7) is 9.62. The van der Waals surface area contributed by atoms with E-state index in [1.807, 2.05) is 0 Å². The summed E-state index contributed by atoms with van der Waals surface area (Å²) in [6, 6.07) is 0.149. The Kier molecular flexibility index (Phi) is 4.26. The second-order valence-electron chi connectivity index (χ2n) is 7.13. The van der Waals surface area contributed by atoms with Crippen molar-refractivity contribution in [3.05, 3.63) is 10.6 Å². The molecule has 2 heterocycles. The zero-order chi connectivity index (χ0) is 15.0. The van der Waals surface area contributed by atoms with Gasteiger partial charge in [0, 0.05) is 30.6 Å². The summed E-state index contributed by atoms with van der Waals surface area (Å²) >= 11 is 1.79. The van der Waals surface area contributed by atoms with Crippen LogP contribution in [0.2, 0.25) is 0 Å². The molecule has 0 bridgehead atoms. The monoisotopic (exact) mass is 309 g/mol. The number of nitrogens with zero attached hydrogens (tertiary/aromatic N) is 2. The van der Waals surface area contributed by atoms with E-state index in [9.17, 15) is 0 Å². The second-order valence-corrected chi connectivity index (χ2v) is 8.14. The van der Waals surface area contributed by atoms with Crippen molar-refractivity contribution in [1.29, 1.82) is 0 Å². The van der Waals surface area contributed by atoms with Crippen LogP contribution in [0.3, 0.4) is 0 Å². The molecule has 2 N–H and O–H groups in total. The highest BCUT2D eigenvalue weighted by Crippen LogP contribution is 2.43. The minimum Gasteiger partial charge on any atom is -0.376 e. The van der Waals surface area contributed by atoms with Gasteiger partial charge in [-0.05, 0) is 38.0 Å².